The first-order valence-corrected chi connectivity index (χ1v) is 5.44. The van der Waals surface area contributed by atoms with Crippen molar-refractivity contribution in [1.29, 1.82) is 5.26 Å². The Balaban J connectivity index is 3.16. The molecular formula is C12H14ClN3. The SMILES string of the molecule is C/C=C\CC(C)c1c(Cl)ncc(C#N)c1N. The minimum Gasteiger partial charge on any atom is -0.397 e. The third kappa shape index (κ3) is 2.53. The van der Waals surface area contributed by atoms with Gasteiger partial charge in [0.05, 0.1) is 11.3 Å². The van der Waals surface area contributed by atoms with E-state index in [0.29, 0.717) is 16.4 Å². The van der Waals surface area contributed by atoms with Crippen LogP contribution in [-0.4, -0.2) is 4.98 Å². The first-order chi connectivity index (χ1) is 7.61. The molecule has 0 aliphatic carbocycles. The lowest BCUT2D eigenvalue weighted by atomic mass is 9.96. The average Bonchev–Trinajstić information content (AvgIpc) is 2.26. The smallest absolute Gasteiger partial charge is 0.134 e. The molecule has 1 unspecified atom stereocenters. The van der Waals surface area contributed by atoms with Gasteiger partial charge in [-0.3, -0.25) is 0 Å². The number of anilines is 1. The zero-order valence-electron chi connectivity index (χ0n) is 9.37. The molecule has 1 aromatic rings. The second kappa shape index (κ2) is 5.53. The highest BCUT2D eigenvalue weighted by Crippen LogP contribution is 2.32. The molecule has 16 heavy (non-hydrogen) atoms. The number of nitrogens with zero attached hydrogens (tertiary/aromatic N) is 2. The van der Waals surface area contributed by atoms with Crippen LogP contribution < -0.4 is 5.73 Å². The van der Waals surface area contributed by atoms with Crippen LogP contribution in [0.15, 0.2) is 18.3 Å². The van der Waals surface area contributed by atoms with Crippen LogP contribution in [0.1, 0.15) is 37.3 Å². The number of nitriles is 1. The quantitative estimate of drug-likeness (QED) is 0.646. The van der Waals surface area contributed by atoms with Crippen LogP contribution in [0.3, 0.4) is 0 Å². The fourth-order valence-corrected chi connectivity index (χ4v) is 1.87. The van der Waals surface area contributed by atoms with Crippen LogP contribution in [0, 0.1) is 11.3 Å². The van der Waals surface area contributed by atoms with E-state index >= 15 is 0 Å². The van der Waals surface area contributed by atoms with Crippen molar-refractivity contribution in [1.82, 2.24) is 4.98 Å². The van der Waals surface area contributed by atoms with Gasteiger partial charge in [0.1, 0.15) is 11.2 Å². The molecule has 0 fully saturated rings. The van der Waals surface area contributed by atoms with Crippen LogP contribution in [0.25, 0.3) is 0 Å². The predicted octanol–water partition coefficient (Wildman–Crippen LogP) is 3.26. The van der Waals surface area contributed by atoms with E-state index in [0.717, 1.165) is 12.0 Å². The summed E-state index contributed by atoms with van der Waals surface area (Å²) in [5.41, 5.74) is 7.48. The van der Waals surface area contributed by atoms with E-state index in [1.807, 2.05) is 32.1 Å². The summed E-state index contributed by atoms with van der Waals surface area (Å²) in [4.78, 5) is 3.98. The zero-order valence-corrected chi connectivity index (χ0v) is 10.1. The lowest BCUT2D eigenvalue weighted by Gasteiger charge is -2.14. The van der Waals surface area contributed by atoms with Crippen LogP contribution in [-0.2, 0) is 0 Å². The van der Waals surface area contributed by atoms with Crippen molar-refractivity contribution in [3.8, 4) is 6.07 Å². The van der Waals surface area contributed by atoms with Crippen LogP contribution in [0.4, 0.5) is 5.69 Å². The number of nitrogen functional groups attached to an aromatic ring is 1. The monoisotopic (exact) mass is 235 g/mol. The highest BCUT2D eigenvalue weighted by Gasteiger charge is 2.16. The molecular weight excluding hydrogens is 222 g/mol. The molecule has 0 saturated carbocycles. The first kappa shape index (κ1) is 12.5. The lowest BCUT2D eigenvalue weighted by molar-refractivity contribution is 0.777. The van der Waals surface area contributed by atoms with E-state index in [1.165, 1.54) is 6.20 Å². The number of allylic oxidation sites excluding steroid dienone is 2. The summed E-state index contributed by atoms with van der Waals surface area (Å²) in [6.45, 7) is 3.97. The summed E-state index contributed by atoms with van der Waals surface area (Å²) < 4.78 is 0. The molecule has 0 spiro atoms. The van der Waals surface area contributed by atoms with Crippen molar-refractivity contribution in [2.45, 2.75) is 26.2 Å². The Bertz CT molecular complexity index is 446. The Kier molecular flexibility index (Phi) is 4.33. The fraction of sp³-hybridized carbons (Fsp3) is 0.333. The molecule has 4 heteroatoms. The highest BCUT2D eigenvalue weighted by atomic mass is 35.5. The number of nitrogens with two attached hydrogens (primary N) is 1. The predicted molar refractivity (Wildman–Crippen MR) is 66.2 cm³/mol. The summed E-state index contributed by atoms with van der Waals surface area (Å²) in [6, 6.07) is 2.01. The molecule has 84 valence electrons. The molecule has 0 aromatic carbocycles. The zero-order chi connectivity index (χ0) is 12.1. The summed E-state index contributed by atoms with van der Waals surface area (Å²) >= 11 is 6.01. The van der Waals surface area contributed by atoms with Crippen molar-refractivity contribution >= 4 is 17.3 Å². The van der Waals surface area contributed by atoms with Gasteiger partial charge in [-0.1, -0.05) is 30.7 Å². The van der Waals surface area contributed by atoms with Gasteiger partial charge in [-0.05, 0) is 19.3 Å². The molecule has 3 nitrogen and oxygen atoms in total. The van der Waals surface area contributed by atoms with E-state index in [1.54, 1.807) is 0 Å². The van der Waals surface area contributed by atoms with E-state index in [-0.39, 0.29) is 5.92 Å². The lowest BCUT2D eigenvalue weighted by Crippen LogP contribution is -2.04. The van der Waals surface area contributed by atoms with Crippen molar-refractivity contribution in [2.24, 2.45) is 0 Å². The van der Waals surface area contributed by atoms with Gasteiger partial charge >= 0.3 is 0 Å². The van der Waals surface area contributed by atoms with E-state index in [9.17, 15) is 0 Å². The maximum atomic E-state index is 8.86. The third-order valence-electron chi connectivity index (χ3n) is 2.45. The van der Waals surface area contributed by atoms with Crippen molar-refractivity contribution < 1.29 is 0 Å². The largest absolute Gasteiger partial charge is 0.397 e. The number of aromatic nitrogens is 1. The van der Waals surface area contributed by atoms with Crippen molar-refractivity contribution in [3.63, 3.8) is 0 Å². The van der Waals surface area contributed by atoms with Gasteiger partial charge in [0.25, 0.3) is 0 Å². The van der Waals surface area contributed by atoms with E-state index in [4.69, 9.17) is 22.6 Å². The second-order valence-corrected chi connectivity index (χ2v) is 3.97. The molecule has 0 aliphatic heterocycles. The first-order valence-electron chi connectivity index (χ1n) is 5.06. The van der Waals surface area contributed by atoms with Crippen LogP contribution in [0.2, 0.25) is 5.15 Å². The summed E-state index contributed by atoms with van der Waals surface area (Å²) in [6.07, 6.45) is 6.25. The molecule has 0 radical (unpaired) electrons. The van der Waals surface area contributed by atoms with Gasteiger partial charge in [-0.15, -0.1) is 0 Å². The third-order valence-corrected chi connectivity index (χ3v) is 2.75. The van der Waals surface area contributed by atoms with Gasteiger partial charge in [0.2, 0.25) is 0 Å². The number of halogens is 1. The van der Waals surface area contributed by atoms with Crippen molar-refractivity contribution in [2.75, 3.05) is 5.73 Å². The van der Waals surface area contributed by atoms with Crippen molar-refractivity contribution in [3.05, 3.63) is 34.6 Å². The molecule has 2 N–H and O–H groups in total. The maximum Gasteiger partial charge on any atom is 0.134 e. The Morgan fingerprint density at radius 1 is 1.69 bits per heavy atom. The number of pyridine rings is 1. The van der Waals surface area contributed by atoms with Gasteiger partial charge in [-0.25, -0.2) is 4.98 Å². The van der Waals surface area contributed by atoms with Gasteiger partial charge in [0, 0.05) is 11.8 Å². The van der Waals surface area contributed by atoms with Crippen LogP contribution in [0.5, 0.6) is 0 Å². The Morgan fingerprint density at radius 3 is 2.94 bits per heavy atom. The minimum absolute atomic E-state index is 0.157. The molecule has 0 amide bonds. The maximum absolute atomic E-state index is 8.86. The standard InChI is InChI=1S/C12H14ClN3/c1-3-4-5-8(2)10-11(15)9(6-14)7-16-12(10)13/h3-4,7-8H,5H2,1-2H3,(H2,15,16)/b4-3-. The van der Waals surface area contributed by atoms with Gasteiger partial charge in [0.15, 0.2) is 0 Å². The average molecular weight is 236 g/mol. The van der Waals surface area contributed by atoms with Gasteiger partial charge in [-0.2, -0.15) is 5.26 Å². The molecule has 1 atom stereocenters. The Hall–Kier alpha value is -1.53. The van der Waals surface area contributed by atoms with E-state index < -0.39 is 0 Å². The van der Waals surface area contributed by atoms with Crippen LogP contribution >= 0.6 is 11.6 Å². The van der Waals surface area contributed by atoms with Gasteiger partial charge < -0.3 is 5.73 Å². The molecule has 0 aliphatic rings. The number of rotatable bonds is 3. The topological polar surface area (TPSA) is 62.7 Å². The van der Waals surface area contributed by atoms with E-state index in [2.05, 4.69) is 4.98 Å². The Morgan fingerprint density at radius 2 is 2.38 bits per heavy atom. The molecule has 1 aromatic heterocycles. The second-order valence-electron chi connectivity index (χ2n) is 3.61. The molecule has 0 bridgehead atoms. The highest BCUT2D eigenvalue weighted by molar-refractivity contribution is 6.30. The summed E-state index contributed by atoms with van der Waals surface area (Å²) in [5.74, 6) is 0.157. The summed E-state index contributed by atoms with van der Waals surface area (Å²) in [5, 5.41) is 9.25. The normalized spacial score (nSPS) is 12.6. The number of hydrogen-bond donors (Lipinski definition) is 1. The molecule has 1 heterocycles. The number of hydrogen-bond acceptors (Lipinski definition) is 3. The molecule has 1 rings (SSSR count). The Labute approximate surface area is 101 Å². The fourth-order valence-electron chi connectivity index (χ4n) is 1.53. The molecule has 0 saturated heterocycles. The minimum atomic E-state index is 0.157. The summed E-state index contributed by atoms with van der Waals surface area (Å²) in [7, 11) is 0.